The van der Waals surface area contributed by atoms with E-state index in [0.717, 1.165) is 16.1 Å². The van der Waals surface area contributed by atoms with Gasteiger partial charge in [-0.25, -0.2) is 4.98 Å². The van der Waals surface area contributed by atoms with Crippen molar-refractivity contribution in [1.29, 1.82) is 0 Å². The molecule has 1 aliphatic rings. The maximum absolute atomic E-state index is 12.6. The van der Waals surface area contributed by atoms with Gasteiger partial charge >= 0.3 is 0 Å². The van der Waals surface area contributed by atoms with E-state index in [4.69, 9.17) is 4.42 Å². The summed E-state index contributed by atoms with van der Waals surface area (Å²) in [6, 6.07) is 13.6. The third-order valence-corrected chi connectivity index (χ3v) is 5.70. The summed E-state index contributed by atoms with van der Waals surface area (Å²) in [5.74, 6) is 0.134. The van der Waals surface area contributed by atoms with Crippen molar-refractivity contribution in [1.82, 2.24) is 9.88 Å². The third kappa shape index (κ3) is 3.78. The first-order valence-electron chi connectivity index (χ1n) is 8.74. The molecule has 1 aromatic carbocycles. The summed E-state index contributed by atoms with van der Waals surface area (Å²) in [5, 5.41) is 3.44. The van der Waals surface area contributed by atoms with Crippen LogP contribution >= 0.6 is 11.3 Å². The molecule has 1 aliphatic heterocycles. The predicted octanol–water partition coefficient (Wildman–Crippen LogP) is 3.70. The van der Waals surface area contributed by atoms with Gasteiger partial charge in [-0.1, -0.05) is 41.7 Å². The highest BCUT2D eigenvalue weighted by Gasteiger charge is 2.35. The van der Waals surface area contributed by atoms with E-state index in [1.165, 1.54) is 11.3 Å². The molecule has 0 saturated carbocycles. The number of rotatable bonds is 5. The minimum atomic E-state index is -0.378. The summed E-state index contributed by atoms with van der Waals surface area (Å²) in [6.45, 7) is 2.71. The first-order valence-corrected chi connectivity index (χ1v) is 9.55. The smallest absolute Gasteiger partial charge is 0.231 e. The SMILES string of the molecule is Cc1nc(NC(=O)C2CC(=O)N(Cc3ccco3)C2)sc1-c1ccccc1. The number of hydrogen-bond donors (Lipinski definition) is 1. The standard InChI is InChI=1S/C20H19N3O3S/c1-13-18(14-6-3-2-4-7-14)27-20(21-13)22-19(25)15-10-17(24)23(11-15)12-16-8-5-9-26-16/h2-9,15H,10-12H2,1H3,(H,21,22,25). The molecule has 27 heavy (non-hydrogen) atoms. The number of aromatic nitrogens is 1. The molecule has 3 aromatic rings. The number of thiazole rings is 1. The monoisotopic (exact) mass is 381 g/mol. The maximum atomic E-state index is 12.6. The van der Waals surface area contributed by atoms with Crippen molar-refractivity contribution in [3.05, 3.63) is 60.2 Å². The number of carbonyl (C=O) groups is 2. The van der Waals surface area contributed by atoms with Crippen molar-refractivity contribution in [3.63, 3.8) is 0 Å². The zero-order chi connectivity index (χ0) is 18.8. The van der Waals surface area contributed by atoms with E-state index < -0.39 is 0 Å². The lowest BCUT2D eigenvalue weighted by molar-refractivity contribution is -0.128. The zero-order valence-corrected chi connectivity index (χ0v) is 15.7. The van der Waals surface area contributed by atoms with Crippen LogP contribution in [0.25, 0.3) is 10.4 Å². The highest BCUT2D eigenvalue weighted by atomic mass is 32.1. The van der Waals surface area contributed by atoms with Gasteiger partial charge in [0.15, 0.2) is 5.13 Å². The summed E-state index contributed by atoms with van der Waals surface area (Å²) >= 11 is 1.45. The average Bonchev–Trinajstić information content (AvgIpc) is 3.38. The van der Waals surface area contributed by atoms with Crippen molar-refractivity contribution in [2.24, 2.45) is 5.92 Å². The number of amides is 2. The van der Waals surface area contributed by atoms with Gasteiger partial charge in [0.2, 0.25) is 11.8 Å². The van der Waals surface area contributed by atoms with Crippen molar-refractivity contribution < 1.29 is 14.0 Å². The van der Waals surface area contributed by atoms with Crippen LogP contribution in [0.4, 0.5) is 5.13 Å². The Bertz CT molecular complexity index is 950. The van der Waals surface area contributed by atoms with Crippen LogP contribution in [0.15, 0.2) is 53.1 Å². The molecule has 0 bridgehead atoms. The average molecular weight is 381 g/mol. The minimum Gasteiger partial charge on any atom is -0.467 e. The Balaban J connectivity index is 1.42. The molecule has 1 atom stereocenters. The molecule has 0 aliphatic carbocycles. The highest BCUT2D eigenvalue weighted by Crippen LogP contribution is 2.33. The number of hydrogen-bond acceptors (Lipinski definition) is 5. The lowest BCUT2D eigenvalue weighted by Gasteiger charge is -2.14. The molecule has 0 radical (unpaired) electrons. The third-order valence-electron chi connectivity index (χ3n) is 4.57. The van der Waals surface area contributed by atoms with Crippen LogP contribution in [0.3, 0.4) is 0 Å². The van der Waals surface area contributed by atoms with Crippen molar-refractivity contribution in [3.8, 4) is 10.4 Å². The Morgan fingerprint density at radius 3 is 2.85 bits per heavy atom. The fourth-order valence-corrected chi connectivity index (χ4v) is 4.18. The van der Waals surface area contributed by atoms with E-state index in [1.807, 2.05) is 43.3 Å². The van der Waals surface area contributed by atoms with Crippen molar-refractivity contribution in [2.45, 2.75) is 19.9 Å². The fourth-order valence-electron chi connectivity index (χ4n) is 3.21. The second kappa shape index (κ2) is 7.36. The number of furan rings is 1. The minimum absolute atomic E-state index is 0.0353. The Morgan fingerprint density at radius 1 is 1.30 bits per heavy atom. The van der Waals surface area contributed by atoms with Crippen molar-refractivity contribution >= 4 is 28.3 Å². The van der Waals surface area contributed by atoms with Gasteiger partial charge in [0.25, 0.3) is 0 Å². The fraction of sp³-hybridized carbons (Fsp3) is 0.250. The molecule has 138 valence electrons. The molecule has 1 unspecified atom stereocenters. The summed E-state index contributed by atoms with van der Waals surface area (Å²) in [6.07, 6.45) is 1.79. The van der Waals surface area contributed by atoms with Gasteiger partial charge in [-0.15, -0.1) is 0 Å². The topological polar surface area (TPSA) is 75.4 Å². The number of carbonyl (C=O) groups excluding carboxylic acids is 2. The molecule has 2 aromatic heterocycles. The van der Waals surface area contributed by atoms with Gasteiger partial charge in [0.05, 0.1) is 29.3 Å². The van der Waals surface area contributed by atoms with Gasteiger partial charge in [-0.3, -0.25) is 9.59 Å². The largest absolute Gasteiger partial charge is 0.467 e. The number of anilines is 1. The Morgan fingerprint density at radius 2 is 2.11 bits per heavy atom. The zero-order valence-electron chi connectivity index (χ0n) is 14.8. The number of nitrogens with one attached hydrogen (secondary N) is 1. The lowest BCUT2D eigenvalue weighted by atomic mass is 10.1. The Kier molecular flexibility index (Phi) is 4.77. The van der Waals surface area contributed by atoms with Gasteiger partial charge in [0.1, 0.15) is 5.76 Å². The van der Waals surface area contributed by atoms with E-state index >= 15 is 0 Å². The van der Waals surface area contributed by atoms with Crippen LogP contribution in [0, 0.1) is 12.8 Å². The van der Waals surface area contributed by atoms with Crippen LogP contribution in [0.5, 0.6) is 0 Å². The van der Waals surface area contributed by atoms with E-state index in [2.05, 4.69) is 10.3 Å². The lowest BCUT2D eigenvalue weighted by Crippen LogP contribution is -2.27. The molecule has 7 heteroatoms. The summed E-state index contributed by atoms with van der Waals surface area (Å²) in [5.41, 5.74) is 1.96. The number of aryl methyl sites for hydroxylation is 1. The molecule has 0 spiro atoms. The normalized spacial score (nSPS) is 16.7. The van der Waals surface area contributed by atoms with Crippen LogP contribution in [-0.2, 0) is 16.1 Å². The molecule has 2 amide bonds. The number of benzene rings is 1. The van der Waals surface area contributed by atoms with E-state index in [9.17, 15) is 9.59 Å². The van der Waals surface area contributed by atoms with Crippen LogP contribution in [-0.4, -0.2) is 28.2 Å². The molecule has 6 nitrogen and oxygen atoms in total. The van der Waals surface area contributed by atoms with Crippen LogP contribution in [0.1, 0.15) is 17.9 Å². The Labute approximate surface area is 160 Å². The highest BCUT2D eigenvalue weighted by molar-refractivity contribution is 7.19. The summed E-state index contributed by atoms with van der Waals surface area (Å²) < 4.78 is 5.29. The van der Waals surface area contributed by atoms with E-state index in [1.54, 1.807) is 17.2 Å². The summed E-state index contributed by atoms with van der Waals surface area (Å²) in [7, 11) is 0. The molecular weight excluding hydrogens is 362 g/mol. The first-order chi connectivity index (χ1) is 13.1. The molecule has 1 fully saturated rings. The quantitative estimate of drug-likeness (QED) is 0.731. The van der Waals surface area contributed by atoms with Gasteiger partial charge in [-0.2, -0.15) is 0 Å². The second-order valence-electron chi connectivity index (χ2n) is 6.54. The second-order valence-corrected chi connectivity index (χ2v) is 7.54. The number of likely N-dealkylation sites (tertiary alicyclic amines) is 1. The maximum Gasteiger partial charge on any atom is 0.231 e. The summed E-state index contributed by atoms with van der Waals surface area (Å²) in [4.78, 5) is 32.0. The Hall–Kier alpha value is -2.93. The first kappa shape index (κ1) is 17.5. The molecule has 4 rings (SSSR count). The molecular formula is C20H19N3O3S. The molecule has 3 heterocycles. The number of nitrogens with zero attached hydrogens (tertiary/aromatic N) is 2. The van der Waals surface area contributed by atoms with Gasteiger partial charge < -0.3 is 14.6 Å². The predicted molar refractivity (Wildman–Crippen MR) is 103 cm³/mol. The molecule has 1 N–H and O–H groups in total. The molecule has 1 saturated heterocycles. The van der Waals surface area contributed by atoms with Gasteiger partial charge in [-0.05, 0) is 24.6 Å². The van der Waals surface area contributed by atoms with E-state index in [-0.39, 0.29) is 24.2 Å². The van der Waals surface area contributed by atoms with Crippen LogP contribution < -0.4 is 5.32 Å². The van der Waals surface area contributed by atoms with Gasteiger partial charge in [0, 0.05) is 13.0 Å². The van der Waals surface area contributed by atoms with Crippen LogP contribution in [0.2, 0.25) is 0 Å². The van der Waals surface area contributed by atoms with Crippen molar-refractivity contribution in [2.75, 3.05) is 11.9 Å². The van der Waals surface area contributed by atoms with E-state index in [0.29, 0.717) is 24.0 Å².